The van der Waals surface area contributed by atoms with Gasteiger partial charge in [0.25, 0.3) is 0 Å². The van der Waals surface area contributed by atoms with Gasteiger partial charge in [0.15, 0.2) is 6.73 Å². The lowest BCUT2D eigenvalue weighted by Crippen LogP contribution is -2.38. The summed E-state index contributed by atoms with van der Waals surface area (Å²) in [5.74, 6) is 1.46. The van der Waals surface area contributed by atoms with E-state index in [1.165, 1.54) is 0 Å². The summed E-state index contributed by atoms with van der Waals surface area (Å²) < 4.78 is 10.8. The largest absolute Gasteiger partial charge is 0.494 e. The molecule has 2 amide bonds. The standard InChI is InChI=1S/C18H21ClN2O3/c1-2-23-16-7-9-17(10-8-16)24-13-21-18(22)20-12-11-14-3-5-15(19)6-4-14/h3-10H,2,11-13H2,1H3,(H2,20,21,22). The molecular weight excluding hydrogens is 328 g/mol. The average molecular weight is 349 g/mol. The minimum atomic E-state index is -0.269. The Kier molecular flexibility index (Phi) is 7.23. The Morgan fingerprint density at radius 1 is 0.958 bits per heavy atom. The third-order valence-electron chi connectivity index (χ3n) is 3.22. The van der Waals surface area contributed by atoms with Gasteiger partial charge >= 0.3 is 6.03 Å². The van der Waals surface area contributed by atoms with Crippen molar-refractivity contribution in [3.05, 3.63) is 59.1 Å². The predicted molar refractivity (Wildman–Crippen MR) is 94.8 cm³/mol. The zero-order chi connectivity index (χ0) is 17.2. The van der Waals surface area contributed by atoms with E-state index in [1.54, 1.807) is 12.1 Å². The van der Waals surface area contributed by atoms with Gasteiger partial charge in [-0.2, -0.15) is 0 Å². The van der Waals surface area contributed by atoms with E-state index in [9.17, 15) is 4.79 Å². The summed E-state index contributed by atoms with van der Waals surface area (Å²) in [4.78, 5) is 11.7. The summed E-state index contributed by atoms with van der Waals surface area (Å²) in [6, 6.07) is 14.5. The van der Waals surface area contributed by atoms with Crippen LogP contribution in [0.25, 0.3) is 0 Å². The van der Waals surface area contributed by atoms with Crippen molar-refractivity contribution in [1.82, 2.24) is 10.6 Å². The van der Waals surface area contributed by atoms with Crippen molar-refractivity contribution in [3.8, 4) is 11.5 Å². The highest BCUT2D eigenvalue weighted by molar-refractivity contribution is 6.30. The van der Waals surface area contributed by atoms with Gasteiger partial charge in [0.2, 0.25) is 0 Å². The molecule has 2 aromatic carbocycles. The molecule has 2 aromatic rings. The zero-order valence-corrected chi connectivity index (χ0v) is 14.3. The minimum absolute atomic E-state index is 0.0980. The van der Waals surface area contributed by atoms with E-state index in [0.29, 0.717) is 23.9 Å². The fourth-order valence-corrected chi connectivity index (χ4v) is 2.14. The second-order valence-electron chi connectivity index (χ2n) is 5.00. The molecule has 5 nitrogen and oxygen atoms in total. The number of hydrogen-bond acceptors (Lipinski definition) is 3. The Balaban J connectivity index is 1.61. The van der Waals surface area contributed by atoms with Crippen molar-refractivity contribution in [2.45, 2.75) is 13.3 Å². The first-order chi connectivity index (χ1) is 11.7. The van der Waals surface area contributed by atoms with Crippen LogP contribution in [0.15, 0.2) is 48.5 Å². The molecule has 0 aliphatic carbocycles. The first-order valence-electron chi connectivity index (χ1n) is 7.79. The molecule has 6 heteroatoms. The lowest BCUT2D eigenvalue weighted by atomic mass is 10.1. The number of nitrogens with one attached hydrogen (secondary N) is 2. The fourth-order valence-electron chi connectivity index (χ4n) is 2.02. The molecule has 0 saturated carbocycles. The summed E-state index contributed by atoms with van der Waals surface area (Å²) in [6.45, 7) is 3.19. The lowest BCUT2D eigenvalue weighted by Gasteiger charge is -2.10. The van der Waals surface area contributed by atoms with Crippen LogP contribution >= 0.6 is 11.6 Å². The molecule has 24 heavy (non-hydrogen) atoms. The summed E-state index contributed by atoms with van der Waals surface area (Å²) >= 11 is 5.83. The molecule has 2 rings (SSSR count). The summed E-state index contributed by atoms with van der Waals surface area (Å²) in [5.41, 5.74) is 1.12. The monoisotopic (exact) mass is 348 g/mol. The van der Waals surface area contributed by atoms with Gasteiger partial charge in [0.05, 0.1) is 6.61 Å². The predicted octanol–water partition coefficient (Wildman–Crippen LogP) is 3.62. The number of carbonyl (C=O) groups excluding carboxylic acids is 1. The third-order valence-corrected chi connectivity index (χ3v) is 3.47. The molecular formula is C18H21ClN2O3. The van der Waals surface area contributed by atoms with E-state index in [1.807, 2.05) is 43.3 Å². The maximum Gasteiger partial charge on any atom is 0.317 e. The zero-order valence-electron chi connectivity index (χ0n) is 13.5. The van der Waals surface area contributed by atoms with E-state index >= 15 is 0 Å². The number of amides is 2. The number of benzene rings is 2. The molecule has 0 spiro atoms. The van der Waals surface area contributed by atoms with Crippen molar-refractivity contribution < 1.29 is 14.3 Å². The molecule has 0 fully saturated rings. The summed E-state index contributed by atoms with van der Waals surface area (Å²) in [6.07, 6.45) is 0.740. The maximum atomic E-state index is 11.7. The van der Waals surface area contributed by atoms with Crippen LogP contribution in [-0.2, 0) is 6.42 Å². The Hall–Kier alpha value is -2.40. The van der Waals surface area contributed by atoms with Crippen LogP contribution in [0.1, 0.15) is 12.5 Å². The number of halogens is 1. The SMILES string of the molecule is CCOc1ccc(OCNC(=O)NCCc2ccc(Cl)cc2)cc1. The molecule has 0 heterocycles. The second kappa shape index (κ2) is 9.67. The van der Waals surface area contributed by atoms with Gasteiger partial charge in [-0.25, -0.2) is 4.79 Å². The highest BCUT2D eigenvalue weighted by atomic mass is 35.5. The molecule has 2 N–H and O–H groups in total. The minimum Gasteiger partial charge on any atom is -0.494 e. The first kappa shape index (κ1) is 17.9. The smallest absolute Gasteiger partial charge is 0.317 e. The van der Waals surface area contributed by atoms with Gasteiger partial charge in [-0.1, -0.05) is 23.7 Å². The molecule has 0 unspecified atom stereocenters. The third kappa shape index (κ3) is 6.38. The highest BCUT2D eigenvalue weighted by Crippen LogP contribution is 2.17. The van der Waals surface area contributed by atoms with Gasteiger partial charge in [-0.3, -0.25) is 0 Å². The lowest BCUT2D eigenvalue weighted by molar-refractivity contribution is 0.224. The van der Waals surface area contributed by atoms with Gasteiger partial charge in [-0.15, -0.1) is 0 Å². The quantitative estimate of drug-likeness (QED) is 0.716. The average Bonchev–Trinajstić information content (AvgIpc) is 2.58. The number of urea groups is 1. The van der Waals surface area contributed by atoms with E-state index in [0.717, 1.165) is 17.7 Å². The van der Waals surface area contributed by atoms with Crippen molar-refractivity contribution in [2.75, 3.05) is 19.9 Å². The van der Waals surface area contributed by atoms with Crippen LogP contribution in [0, 0.1) is 0 Å². The van der Waals surface area contributed by atoms with Crippen LogP contribution in [-0.4, -0.2) is 25.9 Å². The Morgan fingerprint density at radius 3 is 2.21 bits per heavy atom. The molecule has 0 aliphatic heterocycles. The van der Waals surface area contributed by atoms with E-state index in [-0.39, 0.29) is 12.8 Å². The normalized spacial score (nSPS) is 10.1. The van der Waals surface area contributed by atoms with E-state index in [2.05, 4.69) is 10.6 Å². The molecule has 0 radical (unpaired) electrons. The molecule has 0 aromatic heterocycles. The highest BCUT2D eigenvalue weighted by Gasteiger charge is 2.01. The molecule has 0 bridgehead atoms. The molecule has 0 aliphatic rings. The van der Waals surface area contributed by atoms with Crippen LogP contribution in [0.5, 0.6) is 11.5 Å². The maximum absolute atomic E-state index is 11.7. The van der Waals surface area contributed by atoms with Gasteiger partial charge in [0.1, 0.15) is 11.5 Å². The Morgan fingerprint density at radius 2 is 1.58 bits per heavy atom. The van der Waals surface area contributed by atoms with E-state index in [4.69, 9.17) is 21.1 Å². The van der Waals surface area contributed by atoms with Gasteiger partial charge in [0, 0.05) is 11.6 Å². The summed E-state index contributed by atoms with van der Waals surface area (Å²) in [5, 5.41) is 6.12. The molecule has 0 atom stereocenters. The number of ether oxygens (including phenoxy) is 2. The van der Waals surface area contributed by atoms with Gasteiger partial charge < -0.3 is 20.1 Å². The van der Waals surface area contributed by atoms with Crippen molar-refractivity contribution in [2.24, 2.45) is 0 Å². The van der Waals surface area contributed by atoms with Crippen molar-refractivity contribution >= 4 is 17.6 Å². The van der Waals surface area contributed by atoms with Crippen molar-refractivity contribution in [3.63, 3.8) is 0 Å². The number of hydrogen-bond donors (Lipinski definition) is 2. The van der Waals surface area contributed by atoms with Crippen LogP contribution in [0.3, 0.4) is 0 Å². The fraction of sp³-hybridized carbons (Fsp3) is 0.278. The van der Waals surface area contributed by atoms with Crippen molar-refractivity contribution in [1.29, 1.82) is 0 Å². The van der Waals surface area contributed by atoms with Crippen LogP contribution in [0.4, 0.5) is 4.79 Å². The summed E-state index contributed by atoms with van der Waals surface area (Å²) in [7, 11) is 0. The van der Waals surface area contributed by atoms with E-state index < -0.39 is 0 Å². The second-order valence-corrected chi connectivity index (χ2v) is 5.44. The number of carbonyl (C=O) groups is 1. The van der Waals surface area contributed by atoms with Crippen LogP contribution < -0.4 is 20.1 Å². The van der Waals surface area contributed by atoms with Gasteiger partial charge in [-0.05, 0) is 55.3 Å². The Bertz CT molecular complexity index is 630. The molecule has 128 valence electrons. The van der Waals surface area contributed by atoms with Crippen LogP contribution in [0.2, 0.25) is 5.02 Å². The number of rotatable bonds is 8. The first-order valence-corrected chi connectivity index (χ1v) is 8.17. The topological polar surface area (TPSA) is 59.6 Å². The Labute approximate surface area is 146 Å². The molecule has 0 saturated heterocycles.